The van der Waals surface area contributed by atoms with Crippen LogP contribution in [-0.4, -0.2) is 15.3 Å². The maximum Gasteiger partial charge on any atom is 0.124 e. The van der Waals surface area contributed by atoms with Crippen molar-refractivity contribution in [3.05, 3.63) is 57.8 Å². The van der Waals surface area contributed by atoms with E-state index in [0.29, 0.717) is 21.3 Å². The SMILES string of the molecule is OC(c1cccnn1)c1cc(Cl)ccc1Cl. The van der Waals surface area contributed by atoms with Gasteiger partial charge in [-0.1, -0.05) is 23.2 Å². The lowest BCUT2D eigenvalue weighted by molar-refractivity contribution is 0.214. The number of aromatic nitrogens is 2. The van der Waals surface area contributed by atoms with Crippen molar-refractivity contribution in [2.75, 3.05) is 0 Å². The highest BCUT2D eigenvalue weighted by molar-refractivity contribution is 6.33. The molecule has 0 radical (unpaired) electrons. The van der Waals surface area contributed by atoms with E-state index < -0.39 is 6.10 Å². The zero-order valence-electron chi connectivity index (χ0n) is 8.14. The van der Waals surface area contributed by atoms with Crippen molar-refractivity contribution in [1.29, 1.82) is 0 Å². The van der Waals surface area contributed by atoms with Crippen LogP contribution < -0.4 is 0 Å². The quantitative estimate of drug-likeness (QED) is 0.897. The van der Waals surface area contributed by atoms with Crippen LogP contribution in [-0.2, 0) is 0 Å². The number of benzene rings is 1. The van der Waals surface area contributed by atoms with Crippen LogP contribution in [0.3, 0.4) is 0 Å². The lowest BCUT2D eigenvalue weighted by Crippen LogP contribution is -2.03. The Bertz CT molecular complexity index is 491. The van der Waals surface area contributed by atoms with E-state index >= 15 is 0 Å². The van der Waals surface area contributed by atoms with Gasteiger partial charge in [-0.15, -0.1) is 0 Å². The number of hydrogen-bond donors (Lipinski definition) is 1. The zero-order chi connectivity index (χ0) is 11.5. The first kappa shape index (κ1) is 11.3. The summed E-state index contributed by atoms with van der Waals surface area (Å²) in [6.45, 7) is 0. The van der Waals surface area contributed by atoms with Crippen molar-refractivity contribution in [3.63, 3.8) is 0 Å². The predicted octanol–water partition coefficient (Wildman–Crippen LogP) is 2.87. The molecule has 0 saturated heterocycles. The van der Waals surface area contributed by atoms with Gasteiger partial charge >= 0.3 is 0 Å². The molecule has 0 aliphatic rings. The van der Waals surface area contributed by atoms with E-state index in [4.69, 9.17) is 23.2 Å². The molecule has 0 aliphatic heterocycles. The van der Waals surface area contributed by atoms with Crippen molar-refractivity contribution in [2.45, 2.75) is 6.10 Å². The van der Waals surface area contributed by atoms with Gasteiger partial charge in [-0.3, -0.25) is 0 Å². The third-order valence-electron chi connectivity index (χ3n) is 2.13. The van der Waals surface area contributed by atoms with Gasteiger partial charge in [0.2, 0.25) is 0 Å². The van der Waals surface area contributed by atoms with E-state index in [9.17, 15) is 5.11 Å². The molecule has 5 heteroatoms. The highest BCUT2D eigenvalue weighted by Gasteiger charge is 2.15. The maximum atomic E-state index is 10.1. The van der Waals surface area contributed by atoms with Gasteiger partial charge in [0, 0.05) is 21.8 Å². The second-order valence-corrected chi connectivity index (χ2v) is 4.06. The van der Waals surface area contributed by atoms with Crippen LogP contribution in [0.4, 0.5) is 0 Å². The number of nitrogens with zero attached hydrogens (tertiary/aromatic N) is 2. The van der Waals surface area contributed by atoms with Crippen LogP contribution in [0.5, 0.6) is 0 Å². The van der Waals surface area contributed by atoms with Gasteiger partial charge < -0.3 is 5.11 Å². The fourth-order valence-electron chi connectivity index (χ4n) is 1.34. The lowest BCUT2D eigenvalue weighted by Gasteiger charge is -2.11. The Morgan fingerprint density at radius 2 is 2.00 bits per heavy atom. The van der Waals surface area contributed by atoms with Crippen LogP contribution in [0.2, 0.25) is 10.0 Å². The first-order valence-electron chi connectivity index (χ1n) is 4.59. The van der Waals surface area contributed by atoms with Crippen molar-refractivity contribution in [3.8, 4) is 0 Å². The second kappa shape index (κ2) is 4.78. The summed E-state index contributed by atoms with van der Waals surface area (Å²) in [5.41, 5.74) is 0.960. The van der Waals surface area contributed by atoms with Crippen molar-refractivity contribution >= 4 is 23.2 Å². The normalized spacial score (nSPS) is 12.4. The van der Waals surface area contributed by atoms with Crippen molar-refractivity contribution < 1.29 is 5.11 Å². The summed E-state index contributed by atoms with van der Waals surface area (Å²) >= 11 is 11.8. The number of halogens is 2. The van der Waals surface area contributed by atoms with Gasteiger partial charge in [-0.05, 0) is 30.3 Å². The first-order valence-corrected chi connectivity index (χ1v) is 5.34. The Hall–Kier alpha value is -1.16. The summed E-state index contributed by atoms with van der Waals surface area (Å²) in [7, 11) is 0. The van der Waals surface area contributed by atoms with Crippen LogP contribution in [0.25, 0.3) is 0 Å². The average molecular weight is 255 g/mol. The van der Waals surface area contributed by atoms with E-state index in [2.05, 4.69) is 10.2 Å². The summed E-state index contributed by atoms with van der Waals surface area (Å²) in [5, 5.41) is 18.5. The maximum absolute atomic E-state index is 10.1. The topological polar surface area (TPSA) is 46.0 Å². The Morgan fingerprint density at radius 1 is 1.19 bits per heavy atom. The summed E-state index contributed by atoms with van der Waals surface area (Å²) < 4.78 is 0. The molecule has 1 aromatic heterocycles. The minimum absolute atomic E-state index is 0.437. The summed E-state index contributed by atoms with van der Waals surface area (Å²) in [6, 6.07) is 8.29. The molecule has 0 amide bonds. The van der Waals surface area contributed by atoms with Crippen molar-refractivity contribution in [2.24, 2.45) is 0 Å². The molecule has 0 fully saturated rings. The van der Waals surface area contributed by atoms with Crippen LogP contribution in [0.1, 0.15) is 17.4 Å². The molecule has 0 spiro atoms. The third-order valence-corrected chi connectivity index (χ3v) is 2.71. The predicted molar refractivity (Wildman–Crippen MR) is 62.6 cm³/mol. The monoisotopic (exact) mass is 254 g/mol. The molecule has 16 heavy (non-hydrogen) atoms. The summed E-state index contributed by atoms with van der Waals surface area (Å²) in [6.07, 6.45) is 0.621. The van der Waals surface area contributed by atoms with Gasteiger partial charge in [0.1, 0.15) is 6.10 Å². The smallest absolute Gasteiger partial charge is 0.124 e. The molecule has 3 nitrogen and oxygen atoms in total. The van der Waals surface area contributed by atoms with Crippen LogP contribution in [0, 0.1) is 0 Å². The van der Waals surface area contributed by atoms with Gasteiger partial charge in [0.05, 0.1) is 5.69 Å². The first-order chi connectivity index (χ1) is 7.68. The molecule has 2 aromatic rings. The molecule has 1 N–H and O–H groups in total. The molecule has 0 aliphatic carbocycles. The highest BCUT2D eigenvalue weighted by Crippen LogP contribution is 2.29. The van der Waals surface area contributed by atoms with E-state index in [-0.39, 0.29) is 0 Å². The van der Waals surface area contributed by atoms with E-state index in [1.54, 1.807) is 30.3 Å². The largest absolute Gasteiger partial charge is 0.382 e. The molecule has 1 heterocycles. The van der Waals surface area contributed by atoms with E-state index in [0.717, 1.165) is 0 Å². The van der Waals surface area contributed by atoms with Gasteiger partial charge in [-0.25, -0.2) is 0 Å². The Kier molecular flexibility index (Phi) is 3.39. The van der Waals surface area contributed by atoms with E-state index in [1.165, 1.54) is 6.20 Å². The van der Waals surface area contributed by atoms with Crippen molar-refractivity contribution in [1.82, 2.24) is 10.2 Å². The molecule has 1 atom stereocenters. The fraction of sp³-hybridized carbons (Fsp3) is 0.0909. The Morgan fingerprint density at radius 3 is 2.69 bits per heavy atom. The Labute approximate surface area is 103 Å². The fourth-order valence-corrected chi connectivity index (χ4v) is 1.74. The number of aliphatic hydroxyl groups is 1. The molecule has 0 saturated carbocycles. The van der Waals surface area contributed by atoms with Gasteiger partial charge in [0.25, 0.3) is 0 Å². The molecule has 82 valence electrons. The minimum atomic E-state index is -0.917. The van der Waals surface area contributed by atoms with E-state index in [1.807, 2.05) is 0 Å². The lowest BCUT2D eigenvalue weighted by atomic mass is 10.1. The van der Waals surface area contributed by atoms with Crippen LogP contribution in [0.15, 0.2) is 36.5 Å². The third kappa shape index (κ3) is 2.32. The zero-order valence-corrected chi connectivity index (χ0v) is 9.65. The summed E-state index contributed by atoms with van der Waals surface area (Å²) in [5.74, 6) is 0. The summed E-state index contributed by atoms with van der Waals surface area (Å²) in [4.78, 5) is 0. The molecular weight excluding hydrogens is 247 g/mol. The standard InChI is InChI=1S/C11H8Cl2N2O/c12-7-3-4-9(13)8(6-7)11(16)10-2-1-5-14-15-10/h1-6,11,16H. The average Bonchev–Trinajstić information content (AvgIpc) is 2.32. The van der Waals surface area contributed by atoms with Crippen LogP contribution >= 0.6 is 23.2 Å². The molecule has 1 unspecified atom stereocenters. The molecule has 2 rings (SSSR count). The minimum Gasteiger partial charge on any atom is -0.382 e. The number of rotatable bonds is 2. The molecule has 0 bridgehead atoms. The second-order valence-electron chi connectivity index (χ2n) is 3.22. The molecule has 1 aromatic carbocycles. The van der Waals surface area contributed by atoms with Gasteiger partial charge in [-0.2, -0.15) is 10.2 Å². The number of aliphatic hydroxyl groups excluding tert-OH is 1. The molecular formula is C11H8Cl2N2O. The van der Waals surface area contributed by atoms with Gasteiger partial charge in [0.15, 0.2) is 0 Å². The Balaban J connectivity index is 2.41. The highest BCUT2D eigenvalue weighted by atomic mass is 35.5. The number of hydrogen-bond acceptors (Lipinski definition) is 3.